The van der Waals surface area contributed by atoms with E-state index in [1.807, 2.05) is 17.8 Å². The summed E-state index contributed by atoms with van der Waals surface area (Å²) in [6, 6.07) is 10.8. The molecule has 0 radical (unpaired) electrons. The van der Waals surface area contributed by atoms with Crippen LogP contribution in [0.15, 0.2) is 30.3 Å². The Morgan fingerprint density at radius 1 is 1.39 bits per heavy atom. The molecule has 1 N–H and O–H groups in total. The molecule has 2 aliphatic rings. The molecule has 0 aliphatic carbocycles. The van der Waals surface area contributed by atoms with E-state index in [0.29, 0.717) is 11.3 Å². The maximum Gasteiger partial charge on any atom is 0.220 e. The average Bonchev–Trinajstić information content (AvgIpc) is 2.87. The zero-order valence-electron chi connectivity index (χ0n) is 10.7. The molecule has 18 heavy (non-hydrogen) atoms. The fourth-order valence-corrected chi connectivity index (χ4v) is 4.95. The molecule has 0 saturated carbocycles. The first kappa shape index (κ1) is 12.1. The lowest BCUT2D eigenvalue weighted by atomic mass is 9.73. The number of nitrogens with one attached hydrogen (secondary N) is 1. The lowest BCUT2D eigenvalue weighted by Crippen LogP contribution is -2.42. The van der Waals surface area contributed by atoms with Crippen LogP contribution in [-0.2, 0) is 11.2 Å². The van der Waals surface area contributed by atoms with Crippen molar-refractivity contribution in [2.24, 2.45) is 5.41 Å². The summed E-state index contributed by atoms with van der Waals surface area (Å²) in [5, 5.41) is 3.80. The molecule has 3 unspecified atom stereocenters. The van der Waals surface area contributed by atoms with Gasteiger partial charge in [-0.05, 0) is 24.2 Å². The van der Waals surface area contributed by atoms with Crippen molar-refractivity contribution in [3.05, 3.63) is 35.9 Å². The zero-order valence-corrected chi connectivity index (χ0v) is 11.5. The van der Waals surface area contributed by atoms with Gasteiger partial charge in [0, 0.05) is 23.1 Å². The summed E-state index contributed by atoms with van der Waals surface area (Å²) < 4.78 is 0. The maximum atomic E-state index is 11.8. The molecule has 1 spiro atoms. The lowest BCUT2D eigenvalue weighted by Gasteiger charge is -2.33. The summed E-state index contributed by atoms with van der Waals surface area (Å²) in [6.45, 7) is 2.29. The minimum atomic E-state index is 0.192. The summed E-state index contributed by atoms with van der Waals surface area (Å²) in [4.78, 5) is 11.8. The molecule has 3 atom stereocenters. The quantitative estimate of drug-likeness (QED) is 0.886. The fourth-order valence-electron chi connectivity index (χ4n) is 3.40. The highest BCUT2D eigenvalue weighted by Gasteiger charge is 2.52. The van der Waals surface area contributed by atoms with Gasteiger partial charge in [0.1, 0.15) is 0 Å². The monoisotopic (exact) mass is 261 g/mol. The largest absolute Gasteiger partial charge is 0.352 e. The Labute approximate surface area is 113 Å². The second-order valence-corrected chi connectivity index (χ2v) is 6.93. The van der Waals surface area contributed by atoms with E-state index in [4.69, 9.17) is 0 Å². The van der Waals surface area contributed by atoms with Crippen LogP contribution in [0, 0.1) is 5.41 Å². The van der Waals surface area contributed by atoms with Gasteiger partial charge in [-0.25, -0.2) is 0 Å². The standard InChI is InChI=1S/C15H19NOS/c1-11-15(7-8-18-11)10-14(17)16-13(15)9-12-5-3-2-4-6-12/h2-6,11,13H,7-10H2,1H3,(H,16,17). The molecule has 1 aromatic rings. The molecule has 0 aromatic heterocycles. The van der Waals surface area contributed by atoms with Crippen LogP contribution < -0.4 is 5.32 Å². The predicted octanol–water partition coefficient (Wildman–Crippen LogP) is 2.63. The van der Waals surface area contributed by atoms with E-state index in [1.165, 1.54) is 17.7 Å². The highest BCUT2D eigenvalue weighted by Crippen LogP contribution is 2.51. The highest BCUT2D eigenvalue weighted by molar-refractivity contribution is 8.00. The first-order valence-corrected chi connectivity index (χ1v) is 7.70. The van der Waals surface area contributed by atoms with Crippen LogP contribution in [0.5, 0.6) is 0 Å². The van der Waals surface area contributed by atoms with Crippen molar-refractivity contribution in [1.82, 2.24) is 5.32 Å². The van der Waals surface area contributed by atoms with Crippen LogP contribution >= 0.6 is 11.8 Å². The maximum absolute atomic E-state index is 11.8. The van der Waals surface area contributed by atoms with Crippen molar-refractivity contribution < 1.29 is 4.79 Å². The van der Waals surface area contributed by atoms with Crippen LogP contribution in [0.2, 0.25) is 0 Å². The van der Waals surface area contributed by atoms with E-state index >= 15 is 0 Å². The van der Waals surface area contributed by atoms with E-state index in [1.54, 1.807) is 0 Å². The Morgan fingerprint density at radius 3 is 2.83 bits per heavy atom. The van der Waals surface area contributed by atoms with E-state index in [2.05, 4.69) is 36.5 Å². The van der Waals surface area contributed by atoms with Gasteiger partial charge in [-0.2, -0.15) is 11.8 Å². The molecular weight excluding hydrogens is 242 g/mol. The average molecular weight is 261 g/mol. The van der Waals surface area contributed by atoms with Crippen molar-refractivity contribution in [1.29, 1.82) is 0 Å². The molecule has 96 valence electrons. The Kier molecular flexibility index (Phi) is 3.10. The third-order valence-corrected chi connectivity index (χ3v) is 5.96. The Hall–Kier alpha value is -0.960. The van der Waals surface area contributed by atoms with Gasteiger partial charge in [-0.15, -0.1) is 0 Å². The molecule has 2 fully saturated rings. The van der Waals surface area contributed by atoms with E-state index in [0.717, 1.165) is 12.8 Å². The molecule has 0 bridgehead atoms. The highest BCUT2D eigenvalue weighted by atomic mass is 32.2. The molecule has 3 rings (SSSR count). The van der Waals surface area contributed by atoms with E-state index in [-0.39, 0.29) is 11.3 Å². The molecule has 2 saturated heterocycles. The molecule has 2 nitrogen and oxygen atoms in total. The third-order valence-electron chi connectivity index (χ3n) is 4.55. The minimum absolute atomic E-state index is 0.192. The van der Waals surface area contributed by atoms with E-state index < -0.39 is 0 Å². The van der Waals surface area contributed by atoms with Gasteiger partial charge < -0.3 is 5.32 Å². The van der Waals surface area contributed by atoms with Gasteiger partial charge >= 0.3 is 0 Å². The van der Waals surface area contributed by atoms with E-state index in [9.17, 15) is 4.79 Å². The molecule has 1 amide bonds. The number of thioether (sulfide) groups is 1. The lowest BCUT2D eigenvalue weighted by molar-refractivity contribution is -0.119. The van der Waals surface area contributed by atoms with Crippen molar-refractivity contribution in [3.63, 3.8) is 0 Å². The van der Waals surface area contributed by atoms with Crippen LogP contribution in [0.3, 0.4) is 0 Å². The Balaban J connectivity index is 1.84. The van der Waals surface area contributed by atoms with Crippen LogP contribution in [0.25, 0.3) is 0 Å². The third kappa shape index (κ3) is 1.95. The molecule has 2 heterocycles. The number of benzene rings is 1. The number of hydrogen-bond donors (Lipinski definition) is 1. The summed E-state index contributed by atoms with van der Waals surface area (Å²) in [5.41, 5.74) is 1.52. The van der Waals surface area contributed by atoms with Gasteiger partial charge in [-0.1, -0.05) is 37.3 Å². The zero-order chi connectivity index (χ0) is 12.6. The molecule has 1 aromatic carbocycles. The summed E-state index contributed by atoms with van der Waals surface area (Å²) >= 11 is 2.02. The first-order chi connectivity index (χ1) is 8.71. The van der Waals surface area contributed by atoms with Crippen molar-refractivity contribution in [2.45, 2.75) is 37.5 Å². The topological polar surface area (TPSA) is 29.1 Å². The fraction of sp³-hybridized carbons (Fsp3) is 0.533. The Morgan fingerprint density at radius 2 is 2.17 bits per heavy atom. The van der Waals surface area contributed by atoms with Gasteiger partial charge in [0.15, 0.2) is 0 Å². The summed E-state index contributed by atoms with van der Waals surface area (Å²) in [6.07, 6.45) is 2.87. The van der Waals surface area contributed by atoms with Gasteiger partial charge in [0.05, 0.1) is 0 Å². The first-order valence-electron chi connectivity index (χ1n) is 6.66. The van der Waals surface area contributed by atoms with Gasteiger partial charge in [0.2, 0.25) is 5.91 Å². The molecule has 2 aliphatic heterocycles. The van der Waals surface area contributed by atoms with Gasteiger partial charge in [-0.3, -0.25) is 4.79 Å². The smallest absolute Gasteiger partial charge is 0.220 e. The molecular formula is C15H19NOS. The second-order valence-electron chi connectivity index (χ2n) is 5.48. The summed E-state index contributed by atoms with van der Waals surface area (Å²) in [5.74, 6) is 1.44. The number of carbonyl (C=O) groups excluding carboxylic acids is 1. The van der Waals surface area contributed by atoms with Crippen molar-refractivity contribution in [2.75, 3.05) is 5.75 Å². The number of rotatable bonds is 2. The summed E-state index contributed by atoms with van der Waals surface area (Å²) in [7, 11) is 0. The van der Waals surface area contributed by atoms with Crippen molar-refractivity contribution >= 4 is 17.7 Å². The Bertz CT molecular complexity index is 447. The number of carbonyl (C=O) groups is 1. The minimum Gasteiger partial charge on any atom is -0.352 e. The second kappa shape index (κ2) is 4.61. The normalized spacial score (nSPS) is 35.1. The number of amides is 1. The van der Waals surface area contributed by atoms with Gasteiger partial charge in [0.25, 0.3) is 0 Å². The predicted molar refractivity (Wildman–Crippen MR) is 75.7 cm³/mol. The SMILES string of the molecule is CC1SCCC12CC(=O)NC2Cc1ccccc1. The number of hydrogen-bond acceptors (Lipinski definition) is 2. The molecule has 3 heteroatoms. The van der Waals surface area contributed by atoms with Crippen LogP contribution in [-0.4, -0.2) is 23.0 Å². The van der Waals surface area contributed by atoms with Crippen LogP contribution in [0.4, 0.5) is 0 Å². The van der Waals surface area contributed by atoms with Crippen LogP contribution in [0.1, 0.15) is 25.3 Å². The van der Waals surface area contributed by atoms with Crippen molar-refractivity contribution in [3.8, 4) is 0 Å².